The van der Waals surface area contributed by atoms with E-state index in [-0.39, 0.29) is 17.2 Å². The number of nitrogens with zero attached hydrogens (tertiary/aromatic N) is 1. The third kappa shape index (κ3) is 2.37. The summed E-state index contributed by atoms with van der Waals surface area (Å²) in [6, 6.07) is 11.8. The van der Waals surface area contributed by atoms with Crippen molar-refractivity contribution in [2.75, 3.05) is 0 Å². The molecule has 0 aliphatic heterocycles. The van der Waals surface area contributed by atoms with Crippen molar-refractivity contribution in [3.05, 3.63) is 69.9 Å². The Labute approximate surface area is 145 Å². The van der Waals surface area contributed by atoms with Crippen molar-refractivity contribution in [1.82, 2.24) is 4.98 Å². The van der Waals surface area contributed by atoms with Gasteiger partial charge in [0.2, 0.25) is 0 Å². The number of aromatic nitrogens is 1. The van der Waals surface area contributed by atoms with Crippen LogP contribution in [0.3, 0.4) is 0 Å². The van der Waals surface area contributed by atoms with E-state index < -0.39 is 5.97 Å². The van der Waals surface area contributed by atoms with Crippen molar-refractivity contribution in [2.45, 2.75) is 32.6 Å². The molecule has 25 heavy (non-hydrogen) atoms. The molecule has 0 atom stereocenters. The Balaban J connectivity index is 1.95. The second-order valence-corrected chi connectivity index (χ2v) is 6.80. The zero-order chi connectivity index (χ0) is 17.7. The molecule has 0 saturated heterocycles. The Morgan fingerprint density at radius 3 is 2.32 bits per heavy atom. The van der Waals surface area contributed by atoms with Gasteiger partial charge in [0.15, 0.2) is 5.75 Å². The highest BCUT2D eigenvalue weighted by molar-refractivity contribution is 6.06. The Kier molecular flexibility index (Phi) is 3.49. The molecule has 3 aromatic rings. The Hall–Kier alpha value is -2.88. The van der Waals surface area contributed by atoms with E-state index in [2.05, 4.69) is 12.1 Å². The maximum absolute atomic E-state index is 11.8. The zero-order valence-electron chi connectivity index (χ0n) is 14.2. The van der Waals surface area contributed by atoms with Gasteiger partial charge >= 0.3 is 5.97 Å². The smallest absolute Gasteiger partial charge is 0.340 e. The summed E-state index contributed by atoms with van der Waals surface area (Å²) in [4.78, 5) is 16.6. The number of rotatable bonds is 2. The SMILES string of the molecule is Cc1ccc2c(C(=O)O)c(O)c(C3Cc4ccccc4C3)nc2c1C. The highest BCUT2D eigenvalue weighted by atomic mass is 16.4. The molecule has 0 bridgehead atoms. The van der Waals surface area contributed by atoms with E-state index in [4.69, 9.17) is 4.98 Å². The first-order valence-corrected chi connectivity index (χ1v) is 8.40. The minimum Gasteiger partial charge on any atom is -0.505 e. The number of benzene rings is 2. The van der Waals surface area contributed by atoms with E-state index in [1.165, 1.54) is 11.1 Å². The fourth-order valence-electron chi connectivity index (χ4n) is 3.83. The molecule has 1 aromatic heterocycles. The lowest BCUT2D eigenvalue weighted by Gasteiger charge is -2.16. The van der Waals surface area contributed by atoms with Gasteiger partial charge in [-0.15, -0.1) is 0 Å². The van der Waals surface area contributed by atoms with Crippen LogP contribution >= 0.6 is 0 Å². The van der Waals surface area contributed by atoms with Crippen molar-refractivity contribution in [1.29, 1.82) is 0 Å². The predicted octanol–water partition coefficient (Wildman–Crippen LogP) is 4.14. The van der Waals surface area contributed by atoms with Crippen LogP contribution in [0.25, 0.3) is 10.9 Å². The molecule has 0 fully saturated rings. The number of carbonyl (C=O) groups is 1. The van der Waals surface area contributed by atoms with Crippen LogP contribution in [-0.2, 0) is 12.8 Å². The summed E-state index contributed by atoms with van der Waals surface area (Å²) < 4.78 is 0. The van der Waals surface area contributed by atoms with Gasteiger partial charge in [0.05, 0.1) is 11.2 Å². The molecule has 1 aliphatic carbocycles. The van der Waals surface area contributed by atoms with Crippen LogP contribution in [0.4, 0.5) is 0 Å². The molecule has 4 heteroatoms. The summed E-state index contributed by atoms with van der Waals surface area (Å²) in [5, 5.41) is 20.9. The fraction of sp³-hybridized carbons (Fsp3) is 0.238. The average Bonchev–Trinajstić information content (AvgIpc) is 3.01. The van der Waals surface area contributed by atoms with Crippen LogP contribution in [0.2, 0.25) is 0 Å². The number of pyridine rings is 1. The highest BCUT2D eigenvalue weighted by Gasteiger charge is 2.30. The van der Waals surface area contributed by atoms with Crippen LogP contribution in [0.1, 0.15) is 44.2 Å². The van der Waals surface area contributed by atoms with Gasteiger partial charge in [-0.1, -0.05) is 36.4 Å². The van der Waals surface area contributed by atoms with Crippen molar-refractivity contribution in [3.63, 3.8) is 0 Å². The number of aromatic carboxylic acids is 1. The van der Waals surface area contributed by atoms with Gasteiger partial charge in [0.1, 0.15) is 5.56 Å². The van der Waals surface area contributed by atoms with Gasteiger partial charge in [0.25, 0.3) is 0 Å². The number of carboxylic acid groups (broad SMARTS) is 1. The summed E-state index contributed by atoms with van der Waals surface area (Å²) >= 11 is 0. The van der Waals surface area contributed by atoms with E-state index >= 15 is 0 Å². The molecule has 0 unspecified atom stereocenters. The van der Waals surface area contributed by atoms with E-state index in [1.54, 1.807) is 6.07 Å². The van der Waals surface area contributed by atoms with Crippen LogP contribution in [0, 0.1) is 13.8 Å². The second-order valence-electron chi connectivity index (χ2n) is 6.80. The maximum Gasteiger partial charge on any atom is 0.340 e. The quantitative estimate of drug-likeness (QED) is 0.739. The van der Waals surface area contributed by atoms with Gasteiger partial charge < -0.3 is 10.2 Å². The van der Waals surface area contributed by atoms with Gasteiger partial charge in [0, 0.05) is 11.3 Å². The monoisotopic (exact) mass is 333 g/mol. The van der Waals surface area contributed by atoms with E-state index in [9.17, 15) is 15.0 Å². The average molecular weight is 333 g/mol. The van der Waals surface area contributed by atoms with Crippen molar-refractivity contribution < 1.29 is 15.0 Å². The molecule has 0 amide bonds. The minimum atomic E-state index is -1.12. The van der Waals surface area contributed by atoms with Crippen molar-refractivity contribution in [3.8, 4) is 5.75 Å². The fourth-order valence-corrected chi connectivity index (χ4v) is 3.83. The first-order valence-electron chi connectivity index (χ1n) is 8.40. The molecule has 1 heterocycles. The zero-order valence-corrected chi connectivity index (χ0v) is 14.2. The van der Waals surface area contributed by atoms with Crippen molar-refractivity contribution >= 4 is 16.9 Å². The van der Waals surface area contributed by atoms with E-state index in [0.717, 1.165) is 24.0 Å². The topological polar surface area (TPSA) is 70.4 Å². The summed E-state index contributed by atoms with van der Waals surface area (Å²) in [7, 11) is 0. The molecule has 0 spiro atoms. The van der Waals surface area contributed by atoms with Gasteiger partial charge in [-0.3, -0.25) is 0 Å². The maximum atomic E-state index is 11.8. The molecule has 4 nitrogen and oxygen atoms in total. The third-order valence-electron chi connectivity index (χ3n) is 5.33. The van der Waals surface area contributed by atoms with Crippen LogP contribution in [0.5, 0.6) is 5.75 Å². The van der Waals surface area contributed by atoms with E-state index in [1.807, 2.05) is 32.0 Å². The van der Waals surface area contributed by atoms with Gasteiger partial charge in [-0.2, -0.15) is 0 Å². The number of fused-ring (bicyclic) bond motifs is 2. The Bertz CT molecular complexity index is 998. The predicted molar refractivity (Wildman–Crippen MR) is 96.4 cm³/mol. The molecule has 126 valence electrons. The lowest BCUT2D eigenvalue weighted by atomic mass is 9.94. The van der Waals surface area contributed by atoms with Crippen molar-refractivity contribution in [2.24, 2.45) is 0 Å². The van der Waals surface area contributed by atoms with Gasteiger partial charge in [-0.05, 0) is 48.9 Å². The van der Waals surface area contributed by atoms with Crippen LogP contribution in [0.15, 0.2) is 36.4 Å². The number of hydrogen-bond acceptors (Lipinski definition) is 3. The summed E-state index contributed by atoms with van der Waals surface area (Å²) in [6.45, 7) is 3.93. The number of aryl methyl sites for hydroxylation is 2. The summed E-state index contributed by atoms with van der Waals surface area (Å²) in [5.41, 5.74) is 5.62. The largest absolute Gasteiger partial charge is 0.505 e. The Morgan fingerprint density at radius 2 is 1.72 bits per heavy atom. The highest BCUT2D eigenvalue weighted by Crippen LogP contribution is 2.40. The number of carboxylic acids is 1. The third-order valence-corrected chi connectivity index (χ3v) is 5.33. The summed E-state index contributed by atoms with van der Waals surface area (Å²) in [5.74, 6) is -1.31. The minimum absolute atomic E-state index is 0.000174. The molecule has 1 aliphatic rings. The number of aromatic hydroxyl groups is 1. The lowest BCUT2D eigenvalue weighted by Crippen LogP contribution is -2.08. The molecule has 0 radical (unpaired) electrons. The molecule has 4 rings (SSSR count). The normalized spacial score (nSPS) is 14.0. The van der Waals surface area contributed by atoms with E-state index in [0.29, 0.717) is 16.6 Å². The van der Waals surface area contributed by atoms with Crippen LogP contribution < -0.4 is 0 Å². The second kappa shape index (κ2) is 5.59. The molecule has 2 N–H and O–H groups in total. The first-order chi connectivity index (χ1) is 12.0. The number of hydrogen-bond donors (Lipinski definition) is 2. The van der Waals surface area contributed by atoms with Gasteiger partial charge in [-0.25, -0.2) is 9.78 Å². The molecule has 2 aromatic carbocycles. The molecule has 0 saturated carbocycles. The lowest BCUT2D eigenvalue weighted by molar-refractivity contribution is 0.0695. The first kappa shape index (κ1) is 15.6. The Morgan fingerprint density at radius 1 is 1.08 bits per heavy atom. The molecular weight excluding hydrogens is 314 g/mol. The van der Waals surface area contributed by atoms with Crippen LogP contribution in [-0.4, -0.2) is 21.2 Å². The molecular formula is C21H19NO3. The standard InChI is InChI=1S/C21H19NO3/c1-11-7-8-16-17(21(24)25)20(23)19(22-18(16)12(11)2)15-9-13-5-3-4-6-14(13)10-15/h3-8,15,23H,9-10H2,1-2H3,(H,24,25). The summed E-state index contributed by atoms with van der Waals surface area (Å²) in [6.07, 6.45) is 1.54.